The fourth-order valence-electron chi connectivity index (χ4n) is 1.62. The maximum absolute atomic E-state index is 9.10. The number of hydrogen-bond donors (Lipinski definition) is 1. The molecule has 1 atom stereocenters. The molecule has 3 nitrogen and oxygen atoms in total. The van der Waals surface area contributed by atoms with Crippen molar-refractivity contribution < 1.29 is 5.11 Å². The highest BCUT2D eigenvalue weighted by Gasteiger charge is 2.08. The Kier molecular flexibility index (Phi) is 5.29. The summed E-state index contributed by atoms with van der Waals surface area (Å²) in [6.07, 6.45) is 4.65. The lowest BCUT2D eigenvalue weighted by atomic mass is 10.1. The van der Waals surface area contributed by atoms with Crippen molar-refractivity contribution in [3.05, 3.63) is 30.1 Å². The van der Waals surface area contributed by atoms with Gasteiger partial charge in [0.25, 0.3) is 0 Å². The molecule has 3 heteroatoms. The van der Waals surface area contributed by atoms with E-state index in [9.17, 15) is 0 Å². The lowest BCUT2D eigenvalue weighted by Gasteiger charge is -2.21. The van der Waals surface area contributed by atoms with Crippen molar-refractivity contribution >= 4 is 0 Å². The second-order valence-corrected chi connectivity index (χ2v) is 4.01. The highest BCUT2D eigenvalue weighted by atomic mass is 16.3. The molecule has 0 bridgehead atoms. The Bertz CT molecular complexity index is 260. The van der Waals surface area contributed by atoms with Crippen molar-refractivity contribution in [1.82, 2.24) is 9.88 Å². The summed E-state index contributed by atoms with van der Waals surface area (Å²) in [4.78, 5) is 6.22. The SMILES string of the molecule is CCC(CO)CN(C)Cc1ccncc1. The third-order valence-electron chi connectivity index (χ3n) is 2.61. The van der Waals surface area contributed by atoms with E-state index in [1.165, 1.54) is 5.56 Å². The van der Waals surface area contributed by atoms with Crippen LogP contribution in [0.2, 0.25) is 0 Å². The molecule has 0 radical (unpaired) electrons. The van der Waals surface area contributed by atoms with E-state index in [4.69, 9.17) is 5.11 Å². The maximum Gasteiger partial charge on any atom is 0.0471 e. The van der Waals surface area contributed by atoms with Gasteiger partial charge in [0.15, 0.2) is 0 Å². The van der Waals surface area contributed by atoms with Crippen LogP contribution in [0.1, 0.15) is 18.9 Å². The van der Waals surface area contributed by atoms with E-state index < -0.39 is 0 Å². The lowest BCUT2D eigenvalue weighted by molar-refractivity contribution is 0.173. The average molecular weight is 208 g/mol. The first-order chi connectivity index (χ1) is 7.26. The molecule has 0 saturated carbocycles. The number of aliphatic hydroxyl groups is 1. The van der Waals surface area contributed by atoms with Gasteiger partial charge in [0.2, 0.25) is 0 Å². The van der Waals surface area contributed by atoms with E-state index in [1.807, 2.05) is 24.5 Å². The van der Waals surface area contributed by atoms with Crippen LogP contribution in [0.15, 0.2) is 24.5 Å². The molecule has 0 fully saturated rings. The number of pyridine rings is 1. The van der Waals surface area contributed by atoms with Gasteiger partial charge in [-0.15, -0.1) is 0 Å². The summed E-state index contributed by atoms with van der Waals surface area (Å²) in [6.45, 7) is 4.24. The normalized spacial score (nSPS) is 13.1. The summed E-state index contributed by atoms with van der Waals surface area (Å²) in [5, 5.41) is 9.10. The van der Waals surface area contributed by atoms with Crippen molar-refractivity contribution in [3.63, 3.8) is 0 Å². The molecule has 0 aromatic carbocycles. The van der Waals surface area contributed by atoms with E-state index in [-0.39, 0.29) is 6.61 Å². The third kappa shape index (κ3) is 4.40. The number of rotatable bonds is 6. The van der Waals surface area contributed by atoms with E-state index in [2.05, 4.69) is 23.9 Å². The molecule has 1 aromatic heterocycles. The molecule has 0 aliphatic carbocycles. The molecule has 1 aromatic rings. The highest BCUT2D eigenvalue weighted by molar-refractivity contribution is 5.09. The van der Waals surface area contributed by atoms with E-state index >= 15 is 0 Å². The van der Waals surface area contributed by atoms with E-state index in [0.29, 0.717) is 5.92 Å². The standard InChI is InChI=1S/C12H20N2O/c1-3-11(10-15)8-14(2)9-12-4-6-13-7-5-12/h4-7,11,15H,3,8-10H2,1-2H3. The molecule has 0 aliphatic rings. The number of hydrogen-bond acceptors (Lipinski definition) is 3. The zero-order valence-corrected chi connectivity index (χ0v) is 9.56. The van der Waals surface area contributed by atoms with Gasteiger partial charge in [-0.3, -0.25) is 4.98 Å². The Balaban J connectivity index is 2.39. The first-order valence-electron chi connectivity index (χ1n) is 5.44. The molecule has 0 amide bonds. The second kappa shape index (κ2) is 6.53. The zero-order valence-electron chi connectivity index (χ0n) is 9.56. The van der Waals surface area contributed by atoms with Crippen LogP contribution in [0.4, 0.5) is 0 Å². The van der Waals surface area contributed by atoms with Gasteiger partial charge in [-0.1, -0.05) is 6.92 Å². The van der Waals surface area contributed by atoms with Crippen molar-refractivity contribution in [2.45, 2.75) is 19.9 Å². The Labute approximate surface area is 91.8 Å². The monoisotopic (exact) mass is 208 g/mol. The van der Waals surface area contributed by atoms with Gasteiger partial charge in [0.1, 0.15) is 0 Å². The molecule has 0 aliphatic heterocycles. The second-order valence-electron chi connectivity index (χ2n) is 4.01. The summed E-state index contributed by atoms with van der Waals surface area (Å²) in [7, 11) is 2.08. The smallest absolute Gasteiger partial charge is 0.0471 e. The fourth-order valence-corrected chi connectivity index (χ4v) is 1.62. The van der Waals surface area contributed by atoms with Gasteiger partial charge in [0, 0.05) is 32.1 Å². The minimum Gasteiger partial charge on any atom is -0.396 e. The van der Waals surface area contributed by atoms with Crippen LogP contribution < -0.4 is 0 Å². The topological polar surface area (TPSA) is 36.4 Å². The molecule has 84 valence electrons. The Morgan fingerprint density at radius 2 is 2.07 bits per heavy atom. The van der Waals surface area contributed by atoms with Gasteiger partial charge in [-0.05, 0) is 37.1 Å². The summed E-state index contributed by atoms with van der Waals surface area (Å²) in [6, 6.07) is 4.05. The largest absolute Gasteiger partial charge is 0.396 e. The molecule has 1 rings (SSSR count). The van der Waals surface area contributed by atoms with Crippen LogP contribution in [0.25, 0.3) is 0 Å². The zero-order chi connectivity index (χ0) is 11.1. The molecular weight excluding hydrogens is 188 g/mol. The first kappa shape index (κ1) is 12.1. The lowest BCUT2D eigenvalue weighted by Crippen LogP contribution is -2.26. The molecule has 0 saturated heterocycles. The maximum atomic E-state index is 9.10. The van der Waals surface area contributed by atoms with Crippen molar-refractivity contribution in [3.8, 4) is 0 Å². The Morgan fingerprint density at radius 3 is 2.60 bits per heavy atom. The van der Waals surface area contributed by atoms with Crippen LogP contribution in [0, 0.1) is 5.92 Å². The predicted octanol–water partition coefficient (Wildman–Crippen LogP) is 1.53. The quantitative estimate of drug-likeness (QED) is 0.770. The molecule has 1 N–H and O–H groups in total. The Hall–Kier alpha value is -0.930. The number of aliphatic hydroxyl groups excluding tert-OH is 1. The molecule has 1 heterocycles. The van der Waals surface area contributed by atoms with Crippen LogP contribution >= 0.6 is 0 Å². The average Bonchev–Trinajstić information content (AvgIpc) is 2.27. The Morgan fingerprint density at radius 1 is 1.40 bits per heavy atom. The fraction of sp³-hybridized carbons (Fsp3) is 0.583. The minimum absolute atomic E-state index is 0.275. The van der Waals surface area contributed by atoms with Crippen molar-refractivity contribution in [2.75, 3.05) is 20.2 Å². The van der Waals surface area contributed by atoms with Crippen LogP contribution in [0.5, 0.6) is 0 Å². The highest BCUT2D eigenvalue weighted by Crippen LogP contribution is 2.07. The van der Waals surface area contributed by atoms with Gasteiger partial charge < -0.3 is 10.0 Å². The van der Waals surface area contributed by atoms with Gasteiger partial charge in [-0.25, -0.2) is 0 Å². The van der Waals surface area contributed by atoms with Gasteiger partial charge >= 0.3 is 0 Å². The summed E-state index contributed by atoms with van der Waals surface area (Å²) < 4.78 is 0. The van der Waals surface area contributed by atoms with Crippen LogP contribution in [-0.4, -0.2) is 35.2 Å². The van der Waals surface area contributed by atoms with Crippen molar-refractivity contribution in [1.29, 1.82) is 0 Å². The van der Waals surface area contributed by atoms with Gasteiger partial charge in [-0.2, -0.15) is 0 Å². The third-order valence-corrected chi connectivity index (χ3v) is 2.61. The number of aromatic nitrogens is 1. The summed E-state index contributed by atoms with van der Waals surface area (Å²) in [5.74, 6) is 0.386. The van der Waals surface area contributed by atoms with E-state index in [0.717, 1.165) is 19.5 Å². The molecular formula is C12H20N2O. The van der Waals surface area contributed by atoms with Gasteiger partial charge in [0.05, 0.1) is 0 Å². The minimum atomic E-state index is 0.275. The molecule has 0 spiro atoms. The van der Waals surface area contributed by atoms with E-state index in [1.54, 1.807) is 0 Å². The van der Waals surface area contributed by atoms with Crippen LogP contribution in [-0.2, 0) is 6.54 Å². The summed E-state index contributed by atoms with van der Waals surface area (Å²) >= 11 is 0. The molecule has 15 heavy (non-hydrogen) atoms. The van der Waals surface area contributed by atoms with Crippen molar-refractivity contribution in [2.24, 2.45) is 5.92 Å². The first-order valence-corrected chi connectivity index (χ1v) is 5.44. The number of nitrogens with zero attached hydrogens (tertiary/aromatic N) is 2. The van der Waals surface area contributed by atoms with Crippen LogP contribution in [0.3, 0.4) is 0 Å². The molecule has 1 unspecified atom stereocenters. The summed E-state index contributed by atoms with van der Waals surface area (Å²) in [5.41, 5.74) is 1.26. The predicted molar refractivity (Wildman–Crippen MR) is 61.4 cm³/mol.